The molecule has 0 amide bonds. The largest absolute Gasteiger partial charge is 0.396 e. The first-order valence-electron chi connectivity index (χ1n) is 5.81. The lowest BCUT2D eigenvalue weighted by Gasteiger charge is -2.28. The molecule has 0 aliphatic carbocycles. The van der Waals surface area contributed by atoms with E-state index in [4.69, 9.17) is 5.11 Å². The lowest BCUT2D eigenvalue weighted by Crippen LogP contribution is -2.40. The molecule has 0 spiro atoms. The van der Waals surface area contributed by atoms with Crippen molar-refractivity contribution in [1.29, 1.82) is 0 Å². The third-order valence-electron chi connectivity index (χ3n) is 3.09. The van der Waals surface area contributed by atoms with E-state index in [1.54, 1.807) is 0 Å². The first kappa shape index (κ1) is 13.9. The Morgan fingerprint density at radius 3 is 2.07 bits per heavy atom. The maximum Gasteiger partial charge on any atom is 0.0494 e. The summed E-state index contributed by atoms with van der Waals surface area (Å²) in [6.07, 6.45) is 2.45. The van der Waals surface area contributed by atoms with E-state index in [2.05, 4.69) is 39.9 Å². The molecule has 0 bridgehead atoms. The average molecular weight is 201 g/mol. The predicted molar refractivity (Wildman–Crippen MR) is 62.4 cm³/mol. The van der Waals surface area contributed by atoms with Crippen molar-refractivity contribution in [3.8, 4) is 0 Å². The van der Waals surface area contributed by atoms with E-state index < -0.39 is 0 Å². The molecule has 0 aliphatic heterocycles. The molecule has 2 heteroatoms. The number of rotatable bonds is 7. The van der Waals surface area contributed by atoms with Crippen molar-refractivity contribution < 1.29 is 5.11 Å². The molecule has 0 aliphatic rings. The van der Waals surface area contributed by atoms with Gasteiger partial charge in [-0.15, -0.1) is 0 Å². The van der Waals surface area contributed by atoms with E-state index in [1.807, 2.05) is 0 Å². The Morgan fingerprint density at radius 1 is 1.21 bits per heavy atom. The van der Waals surface area contributed by atoms with Crippen molar-refractivity contribution in [2.24, 2.45) is 11.3 Å². The Labute approximate surface area is 89.1 Å². The van der Waals surface area contributed by atoms with Crippen molar-refractivity contribution in [3.63, 3.8) is 0 Å². The zero-order valence-corrected chi connectivity index (χ0v) is 10.4. The third kappa shape index (κ3) is 4.97. The molecule has 1 unspecified atom stereocenters. The molecule has 0 fully saturated rings. The minimum absolute atomic E-state index is 0.000291. The van der Waals surface area contributed by atoms with Crippen LogP contribution in [0, 0.1) is 11.3 Å². The topological polar surface area (TPSA) is 32.3 Å². The molecule has 2 N–H and O–H groups in total. The molecule has 2 nitrogen and oxygen atoms in total. The smallest absolute Gasteiger partial charge is 0.0494 e. The van der Waals surface area contributed by atoms with Crippen molar-refractivity contribution in [1.82, 2.24) is 5.32 Å². The van der Waals surface area contributed by atoms with Crippen molar-refractivity contribution >= 4 is 0 Å². The lowest BCUT2D eigenvalue weighted by atomic mass is 9.91. The van der Waals surface area contributed by atoms with E-state index in [0.29, 0.717) is 6.04 Å². The molecule has 86 valence electrons. The van der Waals surface area contributed by atoms with Gasteiger partial charge in [-0.25, -0.2) is 0 Å². The minimum Gasteiger partial charge on any atom is -0.396 e. The standard InChI is InChI=1S/C12H27NO/c1-6-11(7-2)10(3)13-8-12(4,5)9-14/h10-11,13-14H,6-9H2,1-5H3. The fourth-order valence-corrected chi connectivity index (χ4v) is 1.66. The molecule has 0 saturated carbocycles. The van der Waals surface area contributed by atoms with Crippen LogP contribution in [0.3, 0.4) is 0 Å². The van der Waals surface area contributed by atoms with E-state index >= 15 is 0 Å². The summed E-state index contributed by atoms with van der Waals surface area (Å²) in [7, 11) is 0. The van der Waals surface area contributed by atoms with Crippen LogP contribution >= 0.6 is 0 Å². The first-order valence-corrected chi connectivity index (χ1v) is 5.81. The molecule has 14 heavy (non-hydrogen) atoms. The van der Waals surface area contributed by atoms with E-state index in [1.165, 1.54) is 12.8 Å². The maximum atomic E-state index is 9.12. The van der Waals surface area contributed by atoms with Gasteiger partial charge in [-0.1, -0.05) is 40.5 Å². The molecule has 1 atom stereocenters. The maximum absolute atomic E-state index is 9.12. The van der Waals surface area contributed by atoms with Crippen molar-refractivity contribution in [2.45, 2.75) is 53.5 Å². The Kier molecular flexibility index (Phi) is 6.38. The fraction of sp³-hybridized carbons (Fsp3) is 1.00. The van der Waals surface area contributed by atoms with Gasteiger partial charge in [0.2, 0.25) is 0 Å². The second-order valence-electron chi connectivity index (χ2n) is 5.07. The summed E-state index contributed by atoms with van der Waals surface area (Å²) in [4.78, 5) is 0. The molecule has 0 heterocycles. The zero-order valence-electron chi connectivity index (χ0n) is 10.4. The highest BCUT2D eigenvalue weighted by molar-refractivity contribution is 4.76. The van der Waals surface area contributed by atoms with Crippen molar-refractivity contribution in [3.05, 3.63) is 0 Å². The van der Waals surface area contributed by atoms with E-state index in [-0.39, 0.29) is 12.0 Å². The monoisotopic (exact) mass is 201 g/mol. The Morgan fingerprint density at radius 2 is 1.71 bits per heavy atom. The summed E-state index contributed by atoms with van der Waals surface area (Å²) in [5.41, 5.74) is 0.000291. The number of aliphatic hydroxyl groups excluding tert-OH is 1. The summed E-state index contributed by atoms with van der Waals surface area (Å²) < 4.78 is 0. The van der Waals surface area contributed by atoms with Gasteiger partial charge in [0.25, 0.3) is 0 Å². The van der Waals surface area contributed by atoms with Crippen LogP contribution in [0.4, 0.5) is 0 Å². The van der Waals surface area contributed by atoms with E-state index in [9.17, 15) is 0 Å². The van der Waals surface area contributed by atoms with Crippen LogP contribution in [0.2, 0.25) is 0 Å². The van der Waals surface area contributed by atoms with E-state index in [0.717, 1.165) is 12.5 Å². The summed E-state index contributed by atoms with van der Waals surface area (Å²) >= 11 is 0. The van der Waals surface area contributed by atoms with Gasteiger partial charge in [-0.3, -0.25) is 0 Å². The molecular formula is C12H27NO. The summed E-state index contributed by atoms with van der Waals surface area (Å²) in [6.45, 7) is 12.0. The van der Waals surface area contributed by atoms with Crippen LogP contribution in [0.1, 0.15) is 47.5 Å². The Bertz CT molecular complexity index is 141. The number of nitrogens with one attached hydrogen (secondary N) is 1. The van der Waals surface area contributed by atoms with Crippen molar-refractivity contribution in [2.75, 3.05) is 13.2 Å². The zero-order chi connectivity index (χ0) is 11.2. The molecule has 0 aromatic carbocycles. The van der Waals surface area contributed by atoms with Gasteiger partial charge < -0.3 is 10.4 Å². The van der Waals surface area contributed by atoms with Crippen LogP contribution in [-0.2, 0) is 0 Å². The molecule has 0 saturated heterocycles. The second-order valence-corrected chi connectivity index (χ2v) is 5.07. The summed E-state index contributed by atoms with van der Waals surface area (Å²) in [5, 5.41) is 12.6. The van der Waals surface area contributed by atoms with Gasteiger partial charge in [-0.2, -0.15) is 0 Å². The van der Waals surface area contributed by atoms with Crippen LogP contribution in [0.5, 0.6) is 0 Å². The van der Waals surface area contributed by atoms with Gasteiger partial charge >= 0.3 is 0 Å². The molecule has 0 aromatic heterocycles. The molecular weight excluding hydrogens is 174 g/mol. The van der Waals surface area contributed by atoms with Crippen LogP contribution in [-0.4, -0.2) is 24.3 Å². The van der Waals surface area contributed by atoms with Gasteiger partial charge in [0, 0.05) is 24.6 Å². The first-order chi connectivity index (χ1) is 6.46. The number of hydrogen-bond acceptors (Lipinski definition) is 2. The SMILES string of the molecule is CCC(CC)C(C)NCC(C)(C)CO. The summed E-state index contributed by atoms with van der Waals surface area (Å²) in [6, 6.07) is 0.552. The highest BCUT2D eigenvalue weighted by Gasteiger charge is 2.19. The Balaban J connectivity index is 3.88. The van der Waals surface area contributed by atoms with Crippen LogP contribution in [0.25, 0.3) is 0 Å². The average Bonchev–Trinajstić information content (AvgIpc) is 2.17. The predicted octanol–water partition coefficient (Wildman–Crippen LogP) is 2.42. The number of hydrogen-bond donors (Lipinski definition) is 2. The third-order valence-corrected chi connectivity index (χ3v) is 3.09. The van der Waals surface area contributed by atoms with Crippen LogP contribution in [0.15, 0.2) is 0 Å². The number of aliphatic hydroxyl groups is 1. The quantitative estimate of drug-likeness (QED) is 0.663. The summed E-state index contributed by atoms with van der Waals surface area (Å²) in [5.74, 6) is 0.754. The Hall–Kier alpha value is -0.0800. The highest BCUT2D eigenvalue weighted by Crippen LogP contribution is 2.16. The van der Waals surface area contributed by atoms with Gasteiger partial charge in [0.1, 0.15) is 0 Å². The van der Waals surface area contributed by atoms with Gasteiger partial charge in [0.15, 0.2) is 0 Å². The fourth-order valence-electron chi connectivity index (χ4n) is 1.66. The molecule has 0 radical (unpaired) electrons. The highest BCUT2D eigenvalue weighted by atomic mass is 16.3. The molecule has 0 aromatic rings. The van der Waals surface area contributed by atoms with Gasteiger partial charge in [-0.05, 0) is 12.8 Å². The van der Waals surface area contributed by atoms with Gasteiger partial charge in [0.05, 0.1) is 0 Å². The second kappa shape index (κ2) is 6.41. The lowest BCUT2D eigenvalue weighted by molar-refractivity contribution is 0.149. The van der Waals surface area contributed by atoms with Crippen LogP contribution < -0.4 is 5.32 Å². The molecule has 0 rings (SSSR count). The minimum atomic E-state index is 0.000291. The normalized spacial score (nSPS) is 14.8.